The molecule has 2 aromatic rings. The van der Waals surface area contributed by atoms with E-state index in [2.05, 4.69) is 9.97 Å². The summed E-state index contributed by atoms with van der Waals surface area (Å²) in [6.07, 6.45) is 5.68. The van der Waals surface area contributed by atoms with Crippen molar-refractivity contribution in [3.8, 4) is 17.3 Å². The van der Waals surface area contributed by atoms with E-state index in [0.717, 1.165) is 12.8 Å². The summed E-state index contributed by atoms with van der Waals surface area (Å²) in [6.45, 7) is 0. The van der Waals surface area contributed by atoms with Gasteiger partial charge < -0.3 is 9.88 Å². The number of nitrogens with one attached hydrogen (secondary N) is 1. The quantitative estimate of drug-likeness (QED) is 0.633. The Morgan fingerprint density at radius 1 is 1.30 bits per heavy atom. The monoisotopic (exact) mass is 382 g/mol. The molecule has 0 aliphatic heterocycles. The van der Waals surface area contributed by atoms with E-state index in [-0.39, 0.29) is 17.2 Å². The van der Waals surface area contributed by atoms with E-state index in [9.17, 15) is 14.9 Å². The number of rotatable bonds is 5. The van der Waals surface area contributed by atoms with Crippen molar-refractivity contribution in [2.24, 2.45) is 0 Å². The molecule has 0 spiro atoms. The lowest BCUT2D eigenvalue weighted by atomic mass is 9.94. The summed E-state index contributed by atoms with van der Waals surface area (Å²) >= 11 is 1.20. The van der Waals surface area contributed by atoms with Gasteiger partial charge in [-0.1, -0.05) is 61.4 Å². The van der Waals surface area contributed by atoms with Gasteiger partial charge in [0.1, 0.15) is 11.6 Å². The summed E-state index contributed by atoms with van der Waals surface area (Å²) in [5.41, 5.74) is 0.545. The van der Waals surface area contributed by atoms with E-state index in [1.54, 1.807) is 12.1 Å². The van der Waals surface area contributed by atoms with Crippen molar-refractivity contribution in [2.45, 2.75) is 43.3 Å². The molecule has 1 amide bonds. The van der Waals surface area contributed by atoms with Crippen LogP contribution in [0.1, 0.15) is 37.7 Å². The van der Waals surface area contributed by atoms with Gasteiger partial charge >= 0.3 is 0 Å². The molecule has 1 fully saturated rings. The lowest BCUT2D eigenvalue weighted by Crippen LogP contribution is -2.39. The van der Waals surface area contributed by atoms with Crippen LogP contribution in [-0.2, 0) is 4.79 Å². The summed E-state index contributed by atoms with van der Waals surface area (Å²) in [5, 5.41) is 9.66. The molecule has 0 radical (unpaired) electrons. The van der Waals surface area contributed by atoms with Crippen molar-refractivity contribution in [2.75, 3.05) is 12.8 Å². The number of carbonyl (C=O) groups excluding carboxylic acids is 1. The van der Waals surface area contributed by atoms with Gasteiger partial charge in [-0.25, -0.2) is 4.98 Å². The zero-order valence-electron chi connectivity index (χ0n) is 15.3. The molecular formula is C20H22N4O2S. The minimum absolute atomic E-state index is 0.0174. The molecule has 1 aliphatic rings. The normalized spacial score (nSPS) is 14.5. The van der Waals surface area contributed by atoms with E-state index in [4.69, 9.17) is 0 Å². The van der Waals surface area contributed by atoms with E-state index in [0.29, 0.717) is 22.5 Å². The van der Waals surface area contributed by atoms with Crippen molar-refractivity contribution in [1.82, 2.24) is 14.9 Å². The highest BCUT2D eigenvalue weighted by atomic mass is 32.2. The number of carbonyl (C=O) groups is 1. The summed E-state index contributed by atoms with van der Waals surface area (Å²) in [4.78, 5) is 33.6. The number of amides is 1. The van der Waals surface area contributed by atoms with Gasteiger partial charge in [0.2, 0.25) is 5.91 Å². The number of H-pyrrole nitrogens is 1. The summed E-state index contributed by atoms with van der Waals surface area (Å²) < 4.78 is 0. The second-order valence-corrected chi connectivity index (χ2v) is 7.62. The van der Waals surface area contributed by atoms with Crippen LogP contribution >= 0.6 is 11.8 Å². The maximum atomic E-state index is 12.5. The first-order valence-corrected chi connectivity index (χ1v) is 10.1. The maximum absolute atomic E-state index is 12.5. The molecule has 1 aromatic carbocycles. The minimum atomic E-state index is -0.484. The molecule has 0 bridgehead atoms. The molecule has 0 unspecified atom stereocenters. The SMILES string of the molecule is CN(C(=O)CSc1nc(-c2ccccc2)c(C#N)c(=O)[nH]1)C1CCCCC1. The minimum Gasteiger partial charge on any atom is -0.342 e. The number of nitrogens with zero attached hydrogens (tertiary/aromatic N) is 3. The highest BCUT2D eigenvalue weighted by Gasteiger charge is 2.22. The van der Waals surface area contributed by atoms with Crippen molar-refractivity contribution in [3.05, 3.63) is 46.2 Å². The van der Waals surface area contributed by atoms with Gasteiger partial charge in [-0.2, -0.15) is 5.26 Å². The molecule has 27 heavy (non-hydrogen) atoms. The van der Waals surface area contributed by atoms with Crippen LogP contribution in [0.25, 0.3) is 11.3 Å². The van der Waals surface area contributed by atoms with Gasteiger partial charge in [-0.3, -0.25) is 9.59 Å². The number of benzene rings is 1. The van der Waals surface area contributed by atoms with Gasteiger partial charge in [0.15, 0.2) is 5.16 Å². The molecule has 1 aromatic heterocycles. The molecule has 3 rings (SSSR count). The Hall–Kier alpha value is -2.59. The summed E-state index contributed by atoms with van der Waals surface area (Å²) in [6, 6.07) is 11.4. The first-order valence-electron chi connectivity index (χ1n) is 9.08. The van der Waals surface area contributed by atoms with Crippen molar-refractivity contribution in [3.63, 3.8) is 0 Å². The van der Waals surface area contributed by atoms with Crippen LogP contribution in [0, 0.1) is 11.3 Å². The number of thioether (sulfide) groups is 1. The second-order valence-electron chi connectivity index (χ2n) is 6.66. The third-order valence-corrected chi connectivity index (χ3v) is 5.76. The number of hydrogen-bond donors (Lipinski definition) is 1. The Morgan fingerprint density at radius 3 is 2.67 bits per heavy atom. The molecular weight excluding hydrogens is 360 g/mol. The topological polar surface area (TPSA) is 89.8 Å². The molecule has 0 saturated heterocycles. The zero-order chi connectivity index (χ0) is 19.2. The van der Waals surface area contributed by atoms with E-state index < -0.39 is 5.56 Å². The Labute approximate surface area is 162 Å². The van der Waals surface area contributed by atoms with Gasteiger partial charge in [0.25, 0.3) is 5.56 Å². The average molecular weight is 382 g/mol. The van der Waals surface area contributed by atoms with Crippen LogP contribution in [0.4, 0.5) is 0 Å². The van der Waals surface area contributed by atoms with Gasteiger partial charge in [0, 0.05) is 18.7 Å². The highest BCUT2D eigenvalue weighted by Crippen LogP contribution is 2.24. The lowest BCUT2D eigenvalue weighted by molar-refractivity contribution is -0.129. The van der Waals surface area contributed by atoms with Crippen LogP contribution < -0.4 is 5.56 Å². The van der Waals surface area contributed by atoms with Gasteiger partial charge in [-0.05, 0) is 12.8 Å². The molecule has 1 aliphatic carbocycles. The molecule has 1 N–H and O–H groups in total. The fraction of sp³-hybridized carbons (Fsp3) is 0.400. The predicted octanol–water partition coefficient (Wildman–Crippen LogP) is 3.19. The Morgan fingerprint density at radius 2 is 2.00 bits per heavy atom. The number of nitriles is 1. The number of aromatic nitrogens is 2. The fourth-order valence-electron chi connectivity index (χ4n) is 3.33. The van der Waals surface area contributed by atoms with Crippen LogP contribution in [0.15, 0.2) is 40.3 Å². The fourth-order valence-corrected chi connectivity index (χ4v) is 4.12. The zero-order valence-corrected chi connectivity index (χ0v) is 16.1. The Balaban J connectivity index is 1.75. The van der Waals surface area contributed by atoms with Crippen LogP contribution in [-0.4, -0.2) is 39.6 Å². The number of aromatic amines is 1. The first-order chi connectivity index (χ1) is 13.1. The summed E-state index contributed by atoms with van der Waals surface area (Å²) in [7, 11) is 1.85. The Kier molecular flexibility index (Phi) is 6.30. The van der Waals surface area contributed by atoms with Crippen molar-refractivity contribution in [1.29, 1.82) is 5.26 Å². The maximum Gasteiger partial charge on any atom is 0.270 e. The molecule has 7 heteroatoms. The largest absolute Gasteiger partial charge is 0.342 e. The van der Waals surface area contributed by atoms with Crippen LogP contribution in [0.3, 0.4) is 0 Å². The van der Waals surface area contributed by atoms with Crippen molar-refractivity contribution < 1.29 is 4.79 Å². The number of hydrogen-bond acceptors (Lipinski definition) is 5. The lowest BCUT2D eigenvalue weighted by Gasteiger charge is -2.31. The Bertz CT molecular complexity index is 898. The molecule has 1 saturated carbocycles. The molecule has 140 valence electrons. The van der Waals surface area contributed by atoms with Gasteiger partial charge in [-0.15, -0.1) is 0 Å². The summed E-state index contributed by atoms with van der Waals surface area (Å²) in [5.74, 6) is 0.232. The first kappa shape index (κ1) is 19.2. The average Bonchev–Trinajstić information content (AvgIpc) is 2.72. The van der Waals surface area contributed by atoms with Crippen LogP contribution in [0.5, 0.6) is 0 Å². The molecule has 1 heterocycles. The van der Waals surface area contributed by atoms with E-state index >= 15 is 0 Å². The highest BCUT2D eigenvalue weighted by molar-refractivity contribution is 7.99. The van der Waals surface area contributed by atoms with E-state index in [1.807, 2.05) is 36.2 Å². The van der Waals surface area contributed by atoms with E-state index in [1.165, 1.54) is 31.0 Å². The molecule has 0 atom stereocenters. The van der Waals surface area contributed by atoms with Crippen molar-refractivity contribution >= 4 is 17.7 Å². The second kappa shape index (κ2) is 8.87. The third kappa shape index (κ3) is 4.58. The standard InChI is InChI=1S/C20H22N4O2S/c1-24(15-10-6-3-7-11-15)17(25)13-27-20-22-18(14-8-4-2-5-9-14)16(12-21)19(26)23-20/h2,4-5,8-9,15H,3,6-7,10-11,13H2,1H3,(H,22,23,26). The predicted molar refractivity (Wildman–Crippen MR) is 105 cm³/mol. The smallest absolute Gasteiger partial charge is 0.270 e. The van der Waals surface area contributed by atoms with Crippen LogP contribution in [0.2, 0.25) is 0 Å². The molecule has 6 nitrogen and oxygen atoms in total. The van der Waals surface area contributed by atoms with Gasteiger partial charge in [0.05, 0.1) is 11.4 Å². The third-order valence-electron chi connectivity index (χ3n) is 4.90.